The summed E-state index contributed by atoms with van der Waals surface area (Å²) in [6.07, 6.45) is 9.66. The predicted molar refractivity (Wildman–Crippen MR) is 62.6 cm³/mol. The summed E-state index contributed by atoms with van der Waals surface area (Å²) in [5.41, 5.74) is 1.71. The topological polar surface area (TPSA) is 34.9 Å². The molecule has 0 N–H and O–H groups in total. The zero-order chi connectivity index (χ0) is 11.0. The lowest BCUT2D eigenvalue weighted by Gasteiger charge is -2.11. The number of aromatic nitrogens is 2. The molecule has 2 heterocycles. The molecule has 1 saturated carbocycles. The smallest absolute Gasteiger partial charge is 0.152 e. The van der Waals surface area contributed by atoms with Crippen LogP contribution in [0.5, 0.6) is 0 Å². The third-order valence-electron chi connectivity index (χ3n) is 3.47. The number of rotatable bonds is 2. The molecule has 3 rings (SSSR count). The normalized spacial score (nSPS) is 17.0. The minimum absolute atomic E-state index is 0.533. The molecule has 1 aliphatic rings. The average Bonchev–Trinajstić information content (AvgIpc) is 2.95. The first-order chi connectivity index (χ1) is 7.90. The summed E-state index contributed by atoms with van der Waals surface area (Å²) >= 11 is 0. The molecule has 0 saturated heterocycles. The minimum atomic E-state index is 0.533. The van der Waals surface area contributed by atoms with E-state index in [4.69, 9.17) is 0 Å². The van der Waals surface area contributed by atoms with Crippen LogP contribution >= 0.6 is 0 Å². The van der Waals surface area contributed by atoms with Gasteiger partial charge in [-0.05, 0) is 25.0 Å². The molecule has 0 aromatic carbocycles. The molecule has 3 heteroatoms. The number of carbonyl (C=O) groups is 1. The molecule has 16 heavy (non-hydrogen) atoms. The van der Waals surface area contributed by atoms with Crippen molar-refractivity contribution in [2.45, 2.75) is 31.7 Å². The second kappa shape index (κ2) is 3.74. The Hall–Kier alpha value is -1.64. The molecule has 1 fully saturated rings. The van der Waals surface area contributed by atoms with Gasteiger partial charge >= 0.3 is 0 Å². The van der Waals surface area contributed by atoms with Gasteiger partial charge < -0.3 is 4.57 Å². The number of pyridine rings is 1. The lowest BCUT2D eigenvalue weighted by atomic mass is 10.2. The van der Waals surface area contributed by atoms with E-state index in [2.05, 4.69) is 9.55 Å². The van der Waals surface area contributed by atoms with Gasteiger partial charge in [0.15, 0.2) is 6.29 Å². The minimum Gasteiger partial charge on any atom is -0.329 e. The number of fused-ring (bicyclic) bond motifs is 1. The van der Waals surface area contributed by atoms with Gasteiger partial charge in [-0.1, -0.05) is 12.8 Å². The van der Waals surface area contributed by atoms with Gasteiger partial charge in [0, 0.05) is 29.4 Å². The molecule has 0 unspecified atom stereocenters. The molecule has 2 aromatic heterocycles. The predicted octanol–water partition coefficient (Wildman–Crippen LogP) is 2.96. The third-order valence-corrected chi connectivity index (χ3v) is 3.47. The van der Waals surface area contributed by atoms with Crippen LogP contribution in [0.3, 0.4) is 0 Å². The summed E-state index contributed by atoms with van der Waals surface area (Å²) in [6, 6.07) is 4.39. The highest BCUT2D eigenvalue weighted by molar-refractivity contribution is 5.96. The van der Waals surface area contributed by atoms with Crippen molar-refractivity contribution in [2.75, 3.05) is 0 Å². The Labute approximate surface area is 94.1 Å². The van der Waals surface area contributed by atoms with Crippen LogP contribution in [0.4, 0.5) is 0 Å². The Kier molecular flexibility index (Phi) is 2.24. The molecule has 0 atom stereocenters. The van der Waals surface area contributed by atoms with Gasteiger partial charge in [-0.25, -0.2) is 4.98 Å². The van der Waals surface area contributed by atoms with E-state index in [9.17, 15) is 4.79 Å². The number of aldehydes is 1. The Morgan fingerprint density at radius 2 is 2.19 bits per heavy atom. The van der Waals surface area contributed by atoms with Crippen molar-refractivity contribution in [1.29, 1.82) is 0 Å². The molecule has 0 bridgehead atoms. The largest absolute Gasteiger partial charge is 0.329 e. The summed E-state index contributed by atoms with van der Waals surface area (Å²) in [5.74, 6) is 0. The van der Waals surface area contributed by atoms with Crippen molar-refractivity contribution < 1.29 is 4.79 Å². The molecule has 1 aliphatic carbocycles. The van der Waals surface area contributed by atoms with Crippen LogP contribution in [0, 0.1) is 0 Å². The Morgan fingerprint density at radius 3 is 2.94 bits per heavy atom. The van der Waals surface area contributed by atoms with E-state index >= 15 is 0 Å². The fourth-order valence-corrected chi connectivity index (χ4v) is 2.66. The summed E-state index contributed by atoms with van der Waals surface area (Å²) in [4.78, 5) is 15.4. The number of hydrogen-bond acceptors (Lipinski definition) is 2. The highest BCUT2D eigenvalue weighted by Crippen LogP contribution is 2.33. The van der Waals surface area contributed by atoms with Gasteiger partial charge in [-0.3, -0.25) is 4.79 Å². The highest BCUT2D eigenvalue weighted by atomic mass is 16.1. The standard InChI is InChI=1S/C13H14N2O/c16-9-10-8-15(11-4-1-2-5-11)13-12(10)6-3-7-14-13/h3,6-9,11H,1-2,4-5H2. The number of hydrogen-bond donors (Lipinski definition) is 0. The van der Waals surface area contributed by atoms with Gasteiger partial charge in [-0.2, -0.15) is 0 Å². The van der Waals surface area contributed by atoms with Gasteiger partial charge in [0.25, 0.3) is 0 Å². The van der Waals surface area contributed by atoms with Crippen molar-refractivity contribution in [3.8, 4) is 0 Å². The summed E-state index contributed by atoms with van der Waals surface area (Å²) in [6.45, 7) is 0. The van der Waals surface area contributed by atoms with Crippen LogP contribution in [0.25, 0.3) is 11.0 Å². The van der Waals surface area contributed by atoms with Crippen LogP contribution in [0.15, 0.2) is 24.5 Å². The molecule has 82 valence electrons. The van der Waals surface area contributed by atoms with Crippen LogP contribution in [0.1, 0.15) is 42.1 Å². The molecule has 0 amide bonds. The quantitative estimate of drug-likeness (QED) is 0.720. The van der Waals surface area contributed by atoms with Crippen molar-refractivity contribution in [3.05, 3.63) is 30.1 Å². The maximum Gasteiger partial charge on any atom is 0.152 e. The van der Waals surface area contributed by atoms with Crippen LogP contribution in [-0.2, 0) is 0 Å². The van der Waals surface area contributed by atoms with Crippen molar-refractivity contribution >= 4 is 17.3 Å². The molecule has 0 spiro atoms. The van der Waals surface area contributed by atoms with Crippen LogP contribution in [-0.4, -0.2) is 15.8 Å². The average molecular weight is 214 g/mol. The lowest BCUT2D eigenvalue weighted by Crippen LogP contribution is -2.03. The number of carbonyl (C=O) groups excluding carboxylic acids is 1. The van der Waals surface area contributed by atoms with Crippen LogP contribution in [0.2, 0.25) is 0 Å². The first-order valence-corrected chi connectivity index (χ1v) is 5.81. The zero-order valence-electron chi connectivity index (χ0n) is 9.10. The monoisotopic (exact) mass is 214 g/mol. The maximum absolute atomic E-state index is 11.0. The van der Waals surface area contributed by atoms with E-state index in [0.717, 1.165) is 22.9 Å². The molecule has 0 aliphatic heterocycles. The summed E-state index contributed by atoms with van der Waals surface area (Å²) in [5, 5.41) is 0.976. The number of nitrogens with zero attached hydrogens (tertiary/aromatic N) is 2. The van der Waals surface area contributed by atoms with E-state index in [1.807, 2.05) is 18.3 Å². The molecule has 2 aromatic rings. The van der Waals surface area contributed by atoms with E-state index in [0.29, 0.717) is 6.04 Å². The maximum atomic E-state index is 11.0. The van der Waals surface area contributed by atoms with Crippen molar-refractivity contribution in [2.24, 2.45) is 0 Å². The zero-order valence-corrected chi connectivity index (χ0v) is 9.10. The SMILES string of the molecule is O=Cc1cn(C2CCCC2)c2ncccc12. The van der Waals surface area contributed by atoms with Gasteiger partial charge in [0.1, 0.15) is 5.65 Å². The van der Waals surface area contributed by atoms with E-state index < -0.39 is 0 Å². The van der Waals surface area contributed by atoms with Crippen molar-refractivity contribution in [1.82, 2.24) is 9.55 Å². The van der Waals surface area contributed by atoms with E-state index in [1.165, 1.54) is 25.7 Å². The second-order valence-electron chi connectivity index (χ2n) is 4.42. The molecule has 0 radical (unpaired) electrons. The first kappa shape index (κ1) is 9.58. The summed E-state index contributed by atoms with van der Waals surface area (Å²) < 4.78 is 2.19. The van der Waals surface area contributed by atoms with Gasteiger partial charge in [0.2, 0.25) is 0 Å². The third kappa shape index (κ3) is 1.35. The Morgan fingerprint density at radius 1 is 1.38 bits per heavy atom. The van der Waals surface area contributed by atoms with Gasteiger partial charge in [-0.15, -0.1) is 0 Å². The second-order valence-corrected chi connectivity index (χ2v) is 4.42. The summed E-state index contributed by atoms with van der Waals surface area (Å²) in [7, 11) is 0. The Bertz CT molecular complexity index is 524. The van der Waals surface area contributed by atoms with Crippen molar-refractivity contribution in [3.63, 3.8) is 0 Å². The molecular weight excluding hydrogens is 200 g/mol. The van der Waals surface area contributed by atoms with E-state index in [-0.39, 0.29) is 0 Å². The Balaban J connectivity index is 2.20. The van der Waals surface area contributed by atoms with Crippen LogP contribution < -0.4 is 0 Å². The lowest BCUT2D eigenvalue weighted by molar-refractivity contribution is 0.112. The highest BCUT2D eigenvalue weighted by Gasteiger charge is 2.20. The molecular formula is C13H14N2O. The fraction of sp³-hybridized carbons (Fsp3) is 0.385. The molecule has 3 nitrogen and oxygen atoms in total. The van der Waals surface area contributed by atoms with Gasteiger partial charge in [0.05, 0.1) is 0 Å². The van der Waals surface area contributed by atoms with E-state index in [1.54, 1.807) is 6.20 Å². The first-order valence-electron chi connectivity index (χ1n) is 5.81. The fourth-order valence-electron chi connectivity index (χ4n) is 2.66.